The molecule has 0 saturated carbocycles. The highest BCUT2D eigenvalue weighted by Gasteiger charge is 2.20. The number of hydrogen-bond acceptors (Lipinski definition) is 9. The van der Waals surface area contributed by atoms with Crippen LogP contribution in [0.1, 0.15) is 44.1 Å². The van der Waals surface area contributed by atoms with Gasteiger partial charge in [0.2, 0.25) is 17.8 Å². The van der Waals surface area contributed by atoms with Gasteiger partial charge in [0.05, 0.1) is 4.92 Å². The van der Waals surface area contributed by atoms with Crippen molar-refractivity contribution in [2.75, 3.05) is 41.4 Å². The van der Waals surface area contributed by atoms with Crippen molar-refractivity contribution in [2.45, 2.75) is 38.5 Å². The number of non-ortho nitro benzene ring substituents is 1. The molecule has 1 aromatic carbocycles. The summed E-state index contributed by atoms with van der Waals surface area (Å²) in [6, 6.07) is 6.43. The van der Waals surface area contributed by atoms with E-state index < -0.39 is 4.92 Å². The maximum absolute atomic E-state index is 10.9. The summed E-state index contributed by atoms with van der Waals surface area (Å²) in [7, 11) is 0. The molecule has 32 heavy (non-hydrogen) atoms. The van der Waals surface area contributed by atoms with Gasteiger partial charge in [-0.1, -0.05) is 18.2 Å². The fourth-order valence-corrected chi connectivity index (χ4v) is 3.91. The van der Waals surface area contributed by atoms with Crippen molar-refractivity contribution in [3.63, 3.8) is 0 Å². The van der Waals surface area contributed by atoms with Crippen molar-refractivity contribution in [3.05, 3.63) is 46.0 Å². The average molecular weight is 437 g/mol. The largest absolute Gasteiger partial charge is 0.341 e. The van der Waals surface area contributed by atoms with Crippen LogP contribution >= 0.6 is 0 Å². The molecular weight excluding hydrogens is 408 g/mol. The van der Waals surface area contributed by atoms with Crippen LogP contribution in [-0.2, 0) is 0 Å². The summed E-state index contributed by atoms with van der Waals surface area (Å²) in [5, 5.41) is 15.1. The van der Waals surface area contributed by atoms with Crippen molar-refractivity contribution in [3.8, 4) is 0 Å². The highest BCUT2D eigenvalue weighted by atomic mass is 16.6. The first-order valence-electron chi connectivity index (χ1n) is 11.2. The zero-order chi connectivity index (χ0) is 22.2. The van der Waals surface area contributed by atoms with Crippen LogP contribution in [0.4, 0.5) is 23.5 Å². The van der Waals surface area contributed by atoms with E-state index in [4.69, 9.17) is 4.98 Å². The molecule has 10 heteroatoms. The molecule has 0 amide bonds. The summed E-state index contributed by atoms with van der Waals surface area (Å²) >= 11 is 0. The van der Waals surface area contributed by atoms with E-state index in [1.54, 1.807) is 30.5 Å². The minimum atomic E-state index is -0.409. The lowest BCUT2D eigenvalue weighted by Gasteiger charge is -2.30. The van der Waals surface area contributed by atoms with Crippen LogP contribution in [0.15, 0.2) is 35.4 Å². The van der Waals surface area contributed by atoms with E-state index in [0.29, 0.717) is 17.8 Å². The number of piperidine rings is 2. The van der Waals surface area contributed by atoms with Gasteiger partial charge in [0.1, 0.15) is 0 Å². The van der Waals surface area contributed by atoms with E-state index in [1.165, 1.54) is 25.0 Å². The summed E-state index contributed by atoms with van der Waals surface area (Å²) in [4.78, 5) is 28.9. The molecule has 3 heterocycles. The number of hydrazone groups is 1. The van der Waals surface area contributed by atoms with Crippen LogP contribution < -0.4 is 15.2 Å². The first kappa shape index (κ1) is 21.7. The average Bonchev–Trinajstić information content (AvgIpc) is 2.85. The van der Waals surface area contributed by atoms with E-state index in [9.17, 15) is 10.1 Å². The SMILES string of the molecule is O=[N+]([O-])c1cccc(/C=C/C=N/Nc2nc(N3CCCCC3)nc(N3CCCCC3)n2)c1. The molecule has 1 aromatic heterocycles. The summed E-state index contributed by atoms with van der Waals surface area (Å²) in [6.45, 7) is 3.83. The van der Waals surface area contributed by atoms with Crippen LogP contribution in [0.2, 0.25) is 0 Å². The number of nitro groups is 1. The van der Waals surface area contributed by atoms with Gasteiger partial charge in [-0.3, -0.25) is 10.1 Å². The molecule has 2 aromatic rings. The lowest BCUT2D eigenvalue weighted by molar-refractivity contribution is -0.384. The third-order valence-electron chi connectivity index (χ3n) is 5.58. The zero-order valence-electron chi connectivity index (χ0n) is 18.1. The molecule has 168 valence electrons. The second-order valence-corrected chi connectivity index (χ2v) is 7.96. The molecule has 10 nitrogen and oxygen atoms in total. The fourth-order valence-electron chi connectivity index (χ4n) is 3.91. The Morgan fingerprint density at radius 2 is 1.56 bits per heavy atom. The Kier molecular flexibility index (Phi) is 7.21. The van der Waals surface area contributed by atoms with Crippen LogP contribution in [0.25, 0.3) is 6.08 Å². The number of nitrogens with one attached hydrogen (secondary N) is 1. The summed E-state index contributed by atoms with van der Waals surface area (Å²) in [5.74, 6) is 1.82. The minimum Gasteiger partial charge on any atom is -0.341 e. The second kappa shape index (κ2) is 10.7. The molecule has 0 aliphatic carbocycles. The maximum Gasteiger partial charge on any atom is 0.270 e. The number of allylic oxidation sites excluding steroid dienone is 1. The Balaban J connectivity index is 1.46. The highest BCUT2D eigenvalue weighted by Crippen LogP contribution is 2.22. The molecule has 0 atom stereocenters. The number of rotatable bonds is 7. The third kappa shape index (κ3) is 5.77. The van der Waals surface area contributed by atoms with Crippen LogP contribution in [0.5, 0.6) is 0 Å². The number of nitrogens with zero attached hydrogens (tertiary/aromatic N) is 7. The molecule has 2 fully saturated rings. The van der Waals surface area contributed by atoms with Crippen LogP contribution in [0.3, 0.4) is 0 Å². The fraction of sp³-hybridized carbons (Fsp3) is 0.455. The maximum atomic E-state index is 10.9. The minimum absolute atomic E-state index is 0.0582. The summed E-state index contributed by atoms with van der Waals surface area (Å²) < 4.78 is 0. The molecule has 0 radical (unpaired) electrons. The topological polar surface area (TPSA) is 113 Å². The Bertz CT molecular complexity index is 945. The second-order valence-electron chi connectivity index (χ2n) is 7.96. The first-order valence-corrected chi connectivity index (χ1v) is 11.2. The number of hydrogen-bond donors (Lipinski definition) is 1. The molecule has 2 aliphatic heterocycles. The van der Waals surface area contributed by atoms with Crippen LogP contribution in [0, 0.1) is 10.1 Å². The third-order valence-corrected chi connectivity index (χ3v) is 5.58. The van der Waals surface area contributed by atoms with Gasteiger partial charge in [0, 0.05) is 44.5 Å². The molecular formula is C22H28N8O2. The molecule has 1 N–H and O–H groups in total. The molecule has 0 spiro atoms. The first-order chi connectivity index (χ1) is 15.7. The number of aromatic nitrogens is 3. The molecule has 2 saturated heterocycles. The quantitative estimate of drug-likeness (QED) is 0.395. The van der Waals surface area contributed by atoms with Gasteiger partial charge < -0.3 is 9.80 Å². The van der Waals surface area contributed by atoms with Crippen molar-refractivity contribution in [2.24, 2.45) is 5.10 Å². The summed E-state index contributed by atoms with van der Waals surface area (Å²) in [6.07, 6.45) is 12.1. The van der Waals surface area contributed by atoms with Crippen molar-refractivity contribution in [1.29, 1.82) is 0 Å². The molecule has 2 aliphatic rings. The van der Waals surface area contributed by atoms with E-state index in [-0.39, 0.29) is 5.69 Å². The number of nitro benzene ring substituents is 1. The number of anilines is 3. The van der Waals surface area contributed by atoms with Gasteiger partial charge in [-0.2, -0.15) is 20.1 Å². The summed E-state index contributed by atoms with van der Waals surface area (Å²) in [5.41, 5.74) is 3.70. The Labute approximate surface area is 187 Å². The Hall–Kier alpha value is -3.56. The Morgan fingerprint density at radius 1 is 0.938 bits per heavy atom. The lowest BCUT2D eigenvalue weighted by atomic mass is 10.1. The smallest absolute Gasteiger partial charge is 0.270 e. The standard InChI is InChI=1S/C22H28N8O2/c31-30(32)19-11-7-9-18(17-19)10-8-12-23-27-20-24-21(28-13-3-1-4-14-28)26-22(25-20)29-15-5-2-6-16-29/h7-12,17H,1-6,13-16H2,(H,24,25,26,27)/b10-8+,23-12+. The van der Waals surface area contributed by atoms with Gasteiger partial charge in [-0.25, -0.2) is 5.43 Å². The van der Waals surface area contributed by atoms with E-state index >= 15 is 0 Å². The van der Waals surface area contributed by atoms with Gasteiger partial charge in [-0.05, 0) is 50.2 Å². The number of benzene rings is 1. The zero-order valence-corrected chi connectivity index (χ0v) is 18.1. The molecule has 0 bridgehead atoms. The predicted molar refractivity (Wildman–Crippen MR) is 126 cm³/mol. The van der Waals surface area contributed by atoms with Gasteiger partial charge in [0.15, 0.2) is 0 Å². The van der Waals surface area contributed by atoms with Crippen molar-refractivity contribution >= 4 is 35.8 Å². The normalized spacial score (nSPS) is 17.2. The van der Waals surface area contributed by atoms with Gasteiger partial charge in [0.25, 0.3) is 5.69 Å². The predicted octanol–water partition coefficient (Wildman–Crippen LogP) is 3.87. The van der Waals surface area contributed by atoms with Crippen molar-refractivity contribution in [1.82, 2.24) is 15.0 Å². The lowest BCUT2D eigenvalue weighted by Crippen LogP contribution is -2.34. The molecule has 0 unspecified atom stereocenters. The van der Waals surface area contributed by atoms with Crippen LogP contribution in [-0.4, -0.2) is 52.3 Å². The van der Waals surface area contributed by atoms with E-state index in [1.807, 2.05) is 0 Å². The molecule has 4 rings (SSSR count). The van der Waals surface area contributed by atoms with Crippen molar-refractivity contribution < 1.29 is 4.92 Å². The monoisotopic (exact) mass is 436 g/mol. The highest BCUT2D eigenvalue weighted by molar-refractivity contribution is 5.79. The van der Waals surface area contributed by atoms with E-state index in [0.717, 1.165) is 57.4 Å². The van der Waals surface area contributed by atoms with Gasteiger partial charge >= 0.3 is 0 Å². The van der Waals surface area contributed by atoms with E-state index in [2.05, 4.69) is 30.3 Å². The van der Waals surface area contributed by atoms with Gasteiger partial charge in [-0.15, -0.1) is 0 Å². The Morgan fingerprint density at radius 3 is 2.16 bits per heavy atom.